The molecular formula is C37H47N3O4Si. The summed E-state index contributed by atoms with van der Waals surface area (Å²) in [6, 6.07) is 14.2. The van der Waals surface area contributed by atoms with Crippen LogP contribution in [-0.2, 0) is 16.1 Å². The highest BCUT2D eigenvalue weighted by atomic mass is 28.4. The monoisotopic (exact) mass is 625 g/mol. The summed E-state index contributed by atoms with van der Waals surface area (Å²) in [5, 5.41) is 4.93. The maximum atomic E-state index is 11.9. The number of aryl methyl sites for hydroxylation is 2. The lowest BCUT2D eigenvalue weighted by Gasteiger charge is -2.36. The highest BCUT2D eigenvalue weighted by Crippen LogP contribution is 2.40. The molecule has 7 nitrogen and oxygen atoms in total. The minimum atomic E-state index is -1.99. The summed E-state index contributed by atoms with van der Waals surface area (Å²) in [7, 11) is -0.594. The molecule has 0 saturated heterocycles. The first kappa shape index (κ1) is 33.8. The Kier molecular flexibility index (Phi) is 10.1. The van der Waals surface area contributed by atoms with E-state index >= 15 is 0 Å². The van der Waals surface area contributed by atoms with Gasteiger partial charge in [0, 0.05) is 23.2 Å². The van der Waals surface area contributed by atoms with Crippen LogP contribution < -0.4 is 9.16 Å². The van der Waals surface area contributed by atoms with Crippen molar-refractivity contribution >= 4 is 19.9 Å². The van der Waals surface area contributed by atoms with Crippen LogP contribution in [0.25, 0.3) is 16.8 Å². The van der Waals surface area contributed by atoms with Crippen LogP contribution in [0.15, 0.2) is 48.7 Å². The zero-order chi connectivity index (χ0) is 33.1. The molecular weight excluding hydrogens is 579 g/mol. The van der Waals surface area contributed by atoms with E-state index < -0.39 is 8.32 Å². The fraction of sp³-hybridized carbons (Fsp3) is 0.432. The molecule has 0 radical (unpaired) electrons. The van der Waals surface area contributed by atoms with E-state index in [1.807, 2.05) is 35.0 Å². The number of hydrogen-bond acceptors (Lipinski definition) is 6. The molecule has 4 aromatic rings. The summed E-state index contributed by atoms with van der Waals surface area (Å²) in [5.74, 6) is 8.15. The zero-order valence-electron chi connectivity index (χ0n) is 28.7. The average molecular weight is 626 g/mol. The Labute approximate surface area is 269 Å². The highest BCUT2D eigenvalue weighted by Gasteiger charge is 2.39. The van der Waals surface area contributed by atoms with Crippen LogP contribution in [0.3, 0.4) is 0 Å². The molecule has 2 heterocycles. The van der Waals surface area contributed by atoms with Gasteiger partial charge in [0.1, 0.15) is 18.1 Å². The van der Waals surface area contributed by atoms with Crippen molar-refractivity contribution in [3.63, 3.8) is 0 Å². The van der Waals surface area contributed by atoms with Gasteiger partial charge in [0.25, 0.3) is 0 Å². The Hall–Kier alpha value is -4.09. The molecule has 1 atom stereocenters. The van der Waals surface area contributed by atoms with Gasteiger partial charge >= 0.3 is 5.97 Å². The lowest BCUT2D eigenvalue weighted by Crippen LogP contribution is -2.43. The minimum absolute atomic E-state index is 0.109. The standard InChI is InChI=1S/C37H47N3O4Si/c1-12-13-29(21-33(41)42-9)28-14-16-30(17-15-28)43-23-27-20-32(36-38-35(24(2)3)39-40(36)22-27)34-25(4)18-31(19-26(34)5)44-45(10,11)37(6,7)8/h14-20,22,24,29H,21,23H2,1-11H3. The molecule has 0 aliphatic rings. The highest BCUT2D eigenvalue weighted by molar-refractivity contribution is 6.74. The van der Waals surface area contributed by atoms with Crippen molar-refractivity contribution in [2.75, 3.05) is 7.11 Å². The van der Waals surface area contributed by atoms with E-state index in [9.17, 15) is 4.79 Å². The number of carbonyl (C=O) groups is 1. The largest absolute Gasteiger partial charge is 0.543 e. The molecule has 0 N–H and O–H groups in total. The van der Waals surface area contributed by atoms with Crippen LogP contribution >= 0.6 is 0 Å². The molecule has 1 unspecified atom stereocenters. The Bertz CT molecular complexity index is 1710. The van der Waals surface area contributed by atoms with Crippen molar-refractivity contribution in [1.82, 2.24) is 14.6 Å². The summed E-state index contributed by atoms with van der Waals surface area (Å²) < 4.78 is 19.6. The third-order valence-electron chi connectivity index (χ3n) is 8.58. The first-order valence-corrected chi connectivity index (χ1v) is 18.5. The topological polar surface area (TPSA) is 75.0 Å². The SMILES string of the molecule is CC#CC(CC(=O)OC)c1ccc(OCc2cc(-c3c(C)cc(O[Si](C)(C)C(C)(C)C)cc3C)c3nc(C(C)C)nn3c2)cc1. The molecule has 0 amide bonds. The number of benzene rings is 2. The van der Waals surface area contributed by atoms with Crippen molar-refractivity contribution in [1.29, 1.82) is 0 Å². The molecule has 0 aliphatic carbocycles. The van der Waals surface area contributed by atoms with Gasteiger partial charge < -0.3 is 13.9 Å². The van der Waals surface area contributed by atoms with Crippen LogP contribution in [0.2, 0.25) is 18.1 Å². The minimum Gasteiger partial charge on any atom is -0.543 e. The number of nitrogens with zero attached hydrogens (tertiary/aromatic N) is 3. The van der Waals surface area contributed by atoms with Gasteiger partial charge in [0.15, 0.2) is 11.5 Å². The fourth-order valence-corrected chi connectivity index (χ4v) is 6.07. The van der Waals surface area contributed by atoms with Crippen molar-refractivity contribution in [2.45, 2.75) is 98.4 Å². The van der Waals surface area contributed by atoms with Gasteiger partial charge in [-0.25, -0.2) is 9.50 Å². The third kappa shape index (κ3) is 7.77. The molecule has 0 aliphatic heterocycles. The predicted octanol–water partition coefficient (Wildman–Crippen LogP) is 8.77. The van der Waals surface area contributed by atoms with E-state index in [4.69, 9.17) is 24.0 Å². The maximum Gasteiger partial charge on any atom is 0.307 e. The number of methoxy groups -OCH3 is 1. The Balaban J connectivity index is 1.67. The van der Waals surface area contributed by atoms with Crippen LogP contribution in [0, 0.1) is 25.7 Å². The van der Waals surface area contributed by atoms with Crippen LogP contribution in [0.1, 0.15) is 87.9 Å². The molecule has 45 heavy (non-hydrogen) atoms. The quantitative estimate of drug-likeness (QED) is 0.0996. The van der Waals surface area contributed by atoms with E-state index in [1.54, 1.807) is 6.92 Å². The van der Waals surface area contributed by atoms with Gasteiger partial charge in [0.2, 0.25) is 8.32 Å². The first-order chi connectivity index (χ1) is 21.1. The molecule has 2 aromatic heterocycles. The van der Waals surface area contributed by atoms with E-state index in [0.29, 0.717) is 6.61 Å². The molecule has 0 saturated carbocycles. The maximum absolute atomic E-state index is 11.9. The molecule has 4 rings (SSSR count). The number of esters is 1. The van der Waals surface area contributed by atoms with Gasteiger partial charge in [-0.3, -0.25) is 4.79 Å². The first-order valence-electron chi connectivity index (χ1n) is 15.5. The van der Waals surface area contributed by atoms with E-state index in [-0.39, 0.29) is 29.3 Å². The Morgan fingerprint density at radius 1 is 1.02 bits per heavy atom. The summed E-state index contributed by atoms with van der Waals surface area (Å²) in [4.78, 5) is 16.8. The molecule has 0 fully saturated rings. The zero-order valence-corrected chi connectivity index (χ0v) is 29.7. The van der Waals surface area contributed by atoms with Gasteiger partial charge in [-0.1, -0.05) is 52.7 Å². The molecule has 0 bridgehead atoms. The van der Waals surface area contributed by atoms with E-state index in [0.717, 1.165) is 56.4 Å². The normalized spacial score (nSPS) is 12.5. The van der Waals surface area contributed by atoms with Gasteiger partial charge in [-0.2, -0.15) is 5.10 Å². The van der Waals surface area contributed by atoms with E-state index in [2.05, 4.69) is 91.6 Å². The van der Waals surface area contributed by atoms with Crippen LogP contribution in [0.5, 0.6) is 11.5 Å². The van der Waals surface area contributed by atoms with Gasteiger partial charge in [-0.05, 0) is 91.5 Å². The predicted molar refractivity (Wildman–Crippen MR) is 183 cm³/mol. The lowest BCUT2D eigenvalue weighted by atomic mass is 9.95. The van der Waals surface area contributed by atoms with Gasteiger partial charge in [-0.15, -0.1) is 5.92 Å². The number of hydrogen-bond donors (Lipinski definition) is 0. The second kappa shape index (κ2) is 13.5. The number of pyridine rings is 1. The summed E-state index contributed by atoms with van der Waals surface area (Å²) in [6.07, 6.45) is 2.20. The third-order valence-corrected chi connectivity index (χ3v) is 12.9. The van der Waals surface area contributed by atoms with Gasteiger partial charge in [0.05, 0.1) is 19.4 Å². The molecule has 2 aromatic carbocycles. The molecule has 8 heteroatoms. The Morgan fingerprint density at radius 2 is 1.67 bits per heavy atom. The molecule has 238 valence electrons. The smallest absolute Gasteiger partial charge is 0.307 e. The summed E-state index contributed by atoms with van der Waals surface area (Å²) >= 11 is 0. The van der Waals surface area contributed by atoms with Crippen molar-refractivity contribution in [3.05, 3.63) is 76.7 Å². The summed E-state index contributed by atoms with van der Waals surface area (Å²) in [6.45, 7) is 21.9. The second-order valence-corrected chi connectivity index (χ2v) is 18.3. The van der Waals surface area contributed by atoms with Crippen molar-refractivity contribution < 1.29 is 18.7 Å². The number of rotatable bonds is 10. The van der Waals surface area contributed by atoms with E-state index in [1.165, 1.54) is 7.11 Å². The van der Waals surface area contributed by atoms with Crippen LogP contribution in [-0.4, -0.2) is 36.0 Å². The fourth-order valence-electron chi connectivity index (χ4n) is 5.06. The second-order valence-electron chi connectivity index (χ2n) is 13.5. The van der Waals surface area contributed by atoms with Crippen molar-refractivity contribution in [2.24, 2.45) is 0 Å². The van der Waals surface area contributed by atoms with Crippen LogP contribution in [0.4, 0.5) is 0 Å². The summed E-state index contributed by atoms with van der Waals surface area (Å²) in [5.41, 5.74) is 7.15. The average Bonchev–Trinajstić information content (AvgIpc) is 3.40. The number of ether oxygens (including phenoxy) is 2. The van der Waals surface area contributed by atoms with Crippen molar-refractivity contribution in [3.8, 4) is 34.5 Å². The number of fused-ring (bicyclic) bond motifs is 1. The number of aromatic nitrogens is 3. The number of carbonyl (C=O) groups excluding carboxylic acids is 1. The molecule has 0 spiro atoms. The Morgan fingerprint density at radius 3 is 2.22 bits per heavy atom. The lowest BCUT2D eigenvalue weighted by molar-refractivity contribution is -0.140.